The van der Waals surface area contributed by atoms with E-state index in [-0.39, 0.29) is 0 Å². The number of benzene rings is 3. The summed E-state index contributed by atoms with van der Waals surface area (Å²) in [6.45, 7) is 4.16. The largest absolute Gasteiger partial charge is 0.340 e. The van der Waals surface area contributed by atoms with Crippen molar-refractivity contribution >= 4 is 17.2 Å². The van der Waals surface area contributed by atoms with Gasteiger partial charge < -0.3 is 5.32 Å². The minimum absolute atomic E-state index is 0.583. The average Bonchev–Trinajstić information content (AvgIpc) is 3.59. The molecule has 3 aromatic heterocycles. The first kappa shape index (κ1) is 22.6. The SMILES string of the molecule is CCc1nn2c(Nc3ccccc3)cc(C)nc2c1Cc1ccc(-c2ccccc2-c2nn[nH]n2)cc1. The Morgan fingerprint density at radius 2 is 1.65 bits per heavy atom. The molecule has 0 amide bonds. The first-order valence-electron chi connectivity index (χ1n) is 12.3. The summed E-state index contributed by atoms with van der Waals surface area (Å²) in [6.07, 6.45) is 1.58. The van der Waals surface area contributed by atoms with Crippen LogP contribution in [0.25, 0.3) is 28.2 Å². The molecule has 0 spiro atoms. The van der Waals surface area contributed by atoms with Crippen molar-refractivity contribution in [3.8, 4) is 22.5 Å². The fraction of sp³-hybridized carbons (Fsp3) is 0.138. The van der Waals surface area contributed by atoms with Gasteiger partial charge in [-0.25, -0.2) is 4.98 Å². The molecule has 0 fully saturated rings. The van der Waals surface area contributed by atoms with E-state index in [2.05, 4.69) is 63.2 Å². The Kier molecular flexibility index (Phi) is 5.90. The Hall–Kier alpha value is -4.85. The van der Waals surface area contributed by atoms with E-state index in [0.29, 0.717) is 5.82 Å². The molecule has 2 N–H and O–H groups in total. The van der Waals surface area contributed by atoms with Gasteiger partial charge in [0.05, 0.1) is 5.69 Å². The van der Waals surface area contributed by atoms with Crippen LogP contribution in [0.5, 0.6) is 0 Å². The van der Waals surface area contributed by atoms with Crippen molar-refractivity contribution in [3.63, 3.8) is 0 Å². The predicted octanol–water partition coefficient (Wildman–Crippen LogP) is 5.78. The average molecular weight is 487 g/mol. The molecule has 3 heterocycles. The summed E-state index contributed by atoms with van der Waals surface area (Å²) in [5.41, 5.74) is 9.37. The molecule has 0 aliphatic heterocycles. The third kappa shape index (κ3) is 4.45. The maximum absolute atomic E-state index is 4.94. The van der Waals surface area contributed by atoms with Gasteiger partial charge in [0.1, 0.15) is 5.82 Å². The lowest BCUT2D eigenvalue weighted by molar-refractivity contribution is 0.881. The zero-order valence-corrected chi connectivity index (χ0v) is 20.7. The summed E-state index contributed by atoms with van der Waals surface area (Å²) in [7, 11) is 0. The van der Waals surface area contributed by atoms with E-state index in [1.165, 1.54) is 5.56 Å². The maximum atomic E-state index is 4.94. The van der Waals surface area contributed by atoms with Crippen molar-refractivity contribution in [1.29, 1.82) is 0 Å². The molecule has 37 heavy (non-hydrogen) atoms. The molecule has 182 valence electrons. The normalized spacial score (nSPS) is 11.2. The van der Waals surface area contributed by atoms with Crippen LogP contribution in [0, 0.1) is 6.92 Å². The zero-order chi connectivity index (χ0) is 25.2. The summed E-state index contributed by atoms with van der Waals surface area (Å²) in [6, 6.07) is 28.9. The van der Waals surface area contributed by atoms with Crippen molar-refractivity contribution in [3.05, 3.63) is 107 Å². The van der Waals surface area contributed by atoms with Crippen LogP contribution >= 0.6 is 0 Å². The molecule has 0 bridgehead atoms. The molecule has 8 nitrogen and oxygen atoms in total. The highest BCUT2D eigenvalue weighted by Gasteiger charge is 2.17. The predicted molar refractivity (Wildman–Crippen MR) is 145 cm³/mol. The van der Waals surface area contributed by atoms with Crippen molar-refractivity contribution < 1.29 is 0 Å². The van der Waals surface area contributed by atoms with Crippen LogP contribution in [-0.2, 0) is 12.8 Å². The van der Waals surface area contributed by atoms with E-state index in [4.69, 9.17) is 10.1 Å². The van der Waals surface area contributed by atoms with Gasteiger partial charge >= 0.3 is 0 Å². The Morgan fingerprint density at radius 3 is 2.38 bits per heavy atom. The van der Waals surface area contributed by atoms with Gasteiger partial charge in [-0.05, 0) is 47.4 Å². The lowest BCUT2D eigenvalue weighted by Crippen LogP contribution is -2.03. The lowest BCUT2D eigenvalue weighted by atomic mass is 9.96. The number of nitrogens with one attached hydrogen (secondary N) is 2. The summed E-state index contributed by atoms with van der Waals surface area (Å²) in [5, 5.41) is 23.0. The van der Waals surface area contributed by atoms with Gasteiger partial charge in [-0.2, -0.15) is 14.8 Å². The van der Waals surface area contributed by atoms with Crippen LogP contribution in [-0.4, -0.2) is 35.2 Å². The Bertz CT molecular complexity index is 1650. The second kappa shape index (κ2) is 9.66. The number of tetrazole rings is 1. The number of aromatic nitrogens is 7. The summed E-state index contributed by atoms with van der Waals surface area (Å²) >= 11 is 0. The molecule has 0 aliphatic rings. The topological polar surface area (TPSA) is 96.7 Å². The molecule has 0 radical (unpaired) electrons. The highest BCUT2D eigenvalue weighted by atomic mass is 15.5. The second-order valence-electron chi connectivity index (χ2n) is 8.94. The number of hydrogen-bond acceptors (Lipinski definition) is 6. The first-order valence-corrected chi connectivity index (χ1v) is 12.3. The first-order chi connectivity index (χ1) is 18.2. The molecule has 0 unspecified atom stereocenters. The van der Waals surface area contributed by atoms with E-state index < -0.39 is 0 Å². The van der Waals surface area contributed by atoms with Crippen molar-refractivity contribution in [2.24, 2.45) is 0 Å². The number of H-pyrrole nitrogens is 1. The lowest BCUT2D eigenvalue weighted by Gasteiger charge is -2.10. The Morgan fingerprint density at radius 1 is 0.892 bits per heavy atom. The Balaban J connectivity index is 1.34. The fourth-order valence-corrected chi connectivity index (χ4v) is 4.66. The minimum atomic E-state index is 0.583. The number of nitrogens with zero attached hydrogens (tertiary/aromatic N) is 6. The number of hydrogen-bond donors (Lipinski definition) is 2. The van der Waals surface area contributed by atoms with Gasteiger partial charge in [0.2, 0.25) is 5.82 Å². The second-order valence-corrected chi connectivity index (χ2v) is 8.94. The van der Waals surface area contributed by atoms with Crippen LogP contribution in [0.2, 0.25) is 0 Å². The van der Waals surface area contributed by atoms with Gasteiger partial charge in [0.15, 0.2) is 5.65 Å². The summed E-state index contributed by atoms with van der Waals surface area (Å²) < 4.78 is 1.93. The molecule has 0 saturated carbocycles. The third-order valence-electron chi connectivity index (χ3n) is 6.44. The van der Waals surface area contributed by atoms with E-state index >= 15 is 0 Å². The smallest absolute Gasteiger partial charge is 0.205 e. The number of aryl methyl sites for hydroxylation is 2. The van der Waals surface area contributed by atoms with Crippen molar-refractivity contribution in [1.82, 2.24) is 35.2 Å². The van der Waals surface area contributed by atoms with E-state index in [9.17, 15) is 0 Å². The molecule has 0 atom stereocenters. The minimum Gasteiger partial charge on any atom is -0.340 e. The molecular formula is C29H26N8. The molecule has 0 saturated heterocycles. The number of para-hydroxylation sites is 1. The van der Waals surface area contributed by atoms with Gasteiger partial charge in [-0.1, -0.05) is 73.7 Å². The van der Waals surface area contributed by atoms with Crippen LogP contribution in [0.1, 0.15) is 29.4 Å². The monoisotopic (exact) mass is 486 g/mol. The van der Waals surface area contributed by atoms with Crippen LogP contribution in [0.15, 0.2) is 84.9 Å². The zero-order valence-electron chi connectivity index (χ0n) is 20.7. The molecular weight excluding hydrogens is 460 g/mol. The van der Waals surface area contributed by atoms with Crippen molar-refractivity contribution in [2.45, 2.75) is 26.7 Å². The molecule has 6 aromatic rings. The maximum Gasteiger partial charge on any atom is 0.205 e. The van der Waals surface area contributed by atoms with Crippen LogP contribution < -0.4 is 5.32 Å². The van der Waals surface area contributed by atoms with Gasteiger partial charge in [0, 0.05) is 35.0 Å². The molecule has 6 rings (SSSR count). The molecule has 0 aliphatic carbocycles. The Labute approximate surface area is 214 Å². The van der Waals surface area contributed by atoms with Crippen molar-refractivity contribution in [2.75, 3.05) is 5.32 Å². The number of fused-ring (bicyclic) bond motifs is 1. The van der Waals surface area contributed by atoms with Crippen LogP contribution in [0.3, 0.4) is 0 Å². The van der Waals surface area contributed by atoms with Gasteiger partial charge in [-0.15, -0.1) is 10.2 Å². The number of aromatic amines is 1. The van der Waals surface area contributed by atoms with E-state index in [1.54, 1.807) is 0 Å². The fourth-order valence-electron chi connectivity index (χ4n) is 4.66. The number of rotatable bonds is 7. The standard InChI is InChI=1S/C29H26N8/c1-3-26-25(29-30-19(2)17-27(37(29)34-26)31-22-9-5-4-6-10-22)18-20-13-15-21(16-14-20)23-11-7-8-12-24(23)28-32-35-36-33-28/h4-17,31H,3,18H2,1-2H3,(H,32,33,35,36). The summed E-state index contributed by atoms with van der Waals surface area (Å²) in [4.78, 5) is 4.89. The summed E-state index contributed by atoms with van der Waals surface area (Å²) in [5.74, 6) is 1.49. The quantitative estimate of drug-likeness (QED) is 0.297. The highest BCUT2D eigenvalue weighted by molar-refractivity contribution is 5.80. The molecule has 3 aromatic carbocycles. The van der Waals surface area contributed by atoms with Gasteiger partial charge in [0.25, 0.3) is 0 Å². The number of anilines is 2. The van der Waals surface area contributed by atoms with E-state index in [1.807, 2.05) is 66.0 Å². The van der Waals surface area contributed by atoms with E-state index in [0.717, 1.165) is 63.6 Å². The third-order valence-corrected chi connectivity index (χ3v) is 6.44. The highest BCUT2D eigenvalue weighted by Crippen LogP contribution is 2.31. The molecule has 8 heteroatoms. The van der Waals surface area contributed by atoms with Gasteiger partial charge in [-0.3, -0.25) is 0 Å². The van der Waals surface area contributed by atoms with Crippen LogP contribution in [0.4, 0.5) is 11.5 Å².